The molecule has 14 heavy (non-hydrogen) atoms. The van der Waals surface area contributed by atoms with Gasteiger partial charge < -0.3 is 11.1 Å². The third-order valence-corrected chi connectivity index (χ3v) is 2.33. The number of primary sulfonamides is 1. The van der Waals surface area contributed by atoms with Gasteiger partial charge in [0.05, 0.1) is 11.3 Å². The first-order valence-corrected chi connectivity index (χ1v) is 5.92. The summed E-state index contributed by atoms with van der Waals surface area (Å²) in [6, 6.07) is 0. The molecule has 0 fully saturated rings. The summed E-state index contributed by atoms with van der Waals surface area (Å²) in [5.41, 5.74) is 4.55. The number of hydrogen-bond acceptors (Lipinski definition) is 4. The van der Waals surface area contributed by atoms with Gasteiger partial charge in [0, 0.05) is 6.54 Å². The van der Waals surface area contributed by atoms with Crippen molar-refractivity contribution in [2.24, 2.45) is 10.9 Å². The third-order valence-electron chi connectivity index (χ3n) is 1.48. The van der Waals surface area contributed by atoms with Crippen molar-refractivity contribution in [3.63, 3.8) is 0 Å². The summed E-state index contributed by atoms with van der Waals surface area (Å²) in [4.78, 5) is 11.2. The number of carbonyl (C=O) groups is 1. The van der Waals surface area contributed by atoms with Gasteiger partial charge in [-0.1, -0.05) is 0 Å². The van der Waals surface area contributed by atoms with E-state index in [2.05, 4.69) is 5.32 Å². The van der Waals surface area contributed by atoms with Crippen molar-refractivity contribution in [1.82, 2.24) is 5.32 Å². The molecule has 0 spiro atoms. The van der Waals surface area contributed by atoms with E-state index in [4.69, 9.17) is 10.9 Å². The third kappa shape index (κ3) is 6.81. The molecular weight excluding hydrogens is 206 g/mol. The van der Waals surface area contributed by atoms with Crippen LogP contribution in [0.4, 0.5) is 0 Å². The molecule has 0 rings (SSSR count). The highest BCUT2D eigenvalue weighted by Gasteiger charge is 2.20. The SMILES string of the molecule is CC(C)(N)C(=O)NCCCS(N)(=O)=O. The fraction of sp³-hybridized carbons (Fsp3) is 0.857. The molecule has 0 aromatic heterocycles. The normalized spacial score (nSPS) is 12.6. The van der Waals surface area contributed by atoms with Crippen LogP contribution in [0, 0.1) is 0 Å². The molecule has 0 aromatic rings. The molecule has 5 N–H and O–H groups in total. The van der Waals surface area contributed by atoms with Crippen molar-refractivity contribution >= 4 is 15.9 Å². The predicted octanol–water partition coefficient (Wildman–Crippen LogP) is -1.48. The standard InChI is InChI=1S/C7H17N3O3S/c1-7(2,8)6(11)10-4-3-5-14(9,12)13/h3-5,8H2,1-2H3,(H,10,11)(H2,9,12,13). The Morgan fingerprint density at radius 3 is 2.29 bits per heavy atom. The van der Waals surface area contributed by atoms with Crippen LogP contribution in [0.15, 0.2) is 0 Å². The fourth-order valence-electron chi connectivity index (χ4n) is 0.703. The van der Waals surface area contributed by atoms with Crippen LogP contribution in [0.5, 0.6) is 0 Å². The lowest BCUT2D eigenvalue weighted by molar-refractivity contribution is -0.125. The Morgan fingerprint density at radius 2 is 1.93 bits per heavy atom. The van der Waals surface area contributed by atoms with Crippen molar-refractivity contribution in [3.05, 3.63) is 0 Å². The van der Waals surface area contributed by atoms with E-state index in [1.54, 1.807) is 13.8 Å². The van der Waals surface area contributed by atoms with Gasteiger partial charge in [-0.15, -0.1) is 0 Å². The first-order chi connectivity index (χ1) is 6.13. The average molecular weight is 223 g/mol. The van der Waals surface area contributed by atoms with Crippen molar-refractivity contribution in [2.75, 3.05) is 12.3 Å². The molecule has 0 aliphatic heterocycles. The highest BCUT2D eigenvalue weighted by Crippen LogP contribution is 1.95. The molecule has 0 saturated heterocycles. The summed E-state index contributed by atoms with van der Waals surface area (Å²) in [5.74, 6) is -0.454. The number of hydrogen-bond donors (Lipinski definition) is 3. The quantitative estimate of drug-likeness (QED) is 0.493. The van der Waals surface area contributed by atoms with Gasteiger partial charge in [-0.25, -0.2) is 13.6 Å². The van der Waals surface area contributed by atoms with Gasteiger partial charge in [-0.3, -0.25) is 4.79 Å². The molecule has 0 aliphatic carbocycles. The molecule has 7 heteroatoms. The fourth-order valence-corrected chi connectivity index (χ4v) is 1.25. The molecule has 84 valence electrons. The molecule has 0 saturated carbocycles. The maximum absolute atomic E-state index is 11.2. The number of rotatable bonds is 5. The van der Waals surface area contributed by atoms with E-state index in [-0.39, 0.29) is 18.2 Å². The molecule has 0 bridgehead atoms. The predicted molar refractivity (Wildman–Crippen MR) is 53.9 cm³/mol. The molecule has 6 nitrogen and oxygen atoms in total. The first kappa shape index (κ1) is 13.3. The largest absolute Gasteiger partial charge is 0.354 e. The maximum Gasteiger partial charge on any atom is 0.239 e. The molecule has 0 radical (unpaired) electrons. The average Bonchev–Trinajstić information content (AvgIpc) is 1.93. The Labute approximate surface area is 84.1 Å². The second-order valence-corrected chi connectivity index (χ2v) is 5.43. The minimum absolute atomic E-state index is 0.141. The van der Waals surface area contributed by atoms with Crippen molar-refractivity contribution in [2.45, 2.75) is 25.8 Å². The summed E-state index contributed by atoms with van der Waals surface area (Å²) in [7, 11) is -3.44. The smallest absolute Gasteiger partial charge is 0.239 e. The van der Waals surface area contributed by atoms with Gasteiger partial charge in [-0.05, 0) is 20.3 Å². The van der Waals surface area contributed by atoms with E-state index in [0.717, 1.165) is 0 Å². The molecule has 0 atom stereocenters. The number of nitrogens with two attached hydrogens (primary N) is 2. The summed E-state index contributed by atoms with van der Waals surface area (Å²) < 4.78 is 21.0. The molecule has 1 amide bonds. The highest BCUT2D eigenvalue weighted by atomic mass is 32.2. The van der Waals surface area contributed by atoms with Crippen molar-refractivity contribution < 1.29 is 13.2 Å². The van der Waals surface area contributed by atoms with Crippen molar-refractivity contribution in [3.8, 4) is 0 Å². The monoisotopic (exact) mass is 223 g/mol. The second-order valence-electron chi connectivity index (χ2n) is 3.70. The molecule has 0 heterocycles. The number of carbonyl (C=O) groups excluding carboxylic acids is 1. The zero-order valence-electron chi connectivity index (χ0n) is 8.41. The Hall–Kier alpha value is -0.660. The van der Waals surface area contributed by atoms with Crippen molar-refractivity contribution in [1.29, 1.82) is 0 Å². The van der Waals surface area contributed by atoms with Crippen LogP contribution in [0.2, 0.25) is 0 Å². The van der Waals surface area contributed by atoms with Crippen LogP contribution >= 0.6 is 0 Å². The van der Waals surface area contributed by atoms with Gasteiger partial charge in [0.1, 0.15) is 0 Å². The van der Waals surface area contributed by atoms with E-state index >= 15 is 0 Å². The Morgan fingerprint density at radius 1 is 1.43 bits per heavy atom. The summed E-state index contributed by atoms with van der Waals surface area (Å²) >= 11 is 0. The second kappa shape index (κ2) is 4.72. The first-order valence-electron chi connectivity index (χ1n) is 4.20. The number of sulfonamides is 1. The van der Waals surface area contributed by atoms with Crippen LogP contribution in [0.3, 0.4) is 0 Å². The van der Waals surface area contributed by atoms with E-state index in [1.165, 1.54) is 0 Å². The van der Waals surface area contributed by atoms with Gasteiger partial charge in [-0.2, -0.15) is 0 Å². The zero-order valence-corrected chi connectivity index (χ0v) is 9.23. The minimum Gasteiger partial charge on any atom is -0.354 e. The highest BCUT2D eigenvalue weighted by molar-refractivity contribution is 7.89. The lowest BCUT2D eigenvalue weighted by Gasteiger charge is -2.17. The van der Waals surface area contributed by atoms with Gasteiger partial charge in [0.2, 0.25) is 15.9 Å². The summed E-state index contributed by atoms with van der Waals surface area (Å²) in [6.45, 7) is 3.40. The Bertz CT molecular complexity index is 292. The van der Waals surface area contributed by atoms with Crippen LogP contribution in [0.25, 0.3) is 0 Å². The topological polar surface area (TPSA) is 115 Å². The zero-order chi connectivity index (χ0) is 11.4. The van der Waals surface area contributed by atoms with E-state index in [9.17, 15) is 13.2 Å². The van der Waals surface area contributed by atoms with Gasteiger partial charge >= 0.3 is 0 Å². The molecule has 0 aliphatic rings. The maximum atomic E-state index is 11.2. The van der Waals surface area contributed by atoms with Crippen LogP contribution < -0.4 is 16.2 Å². The number of amides is 1. The molecule has 0 unspecified atom stereocenters. The van der Waals surface area contributed by atoms with E-state index in [0.29, 0.717) is 6.42 Å². The van der Waals surface area contributed by atoms with Crippen LogP contribution in [0.1, 0.15) is 20.3 Å². The van der Waals surface area contributed by atoms with E-state index in [1.807, 2.05) is 0 Å². The summed E-state index contributed by atoms with van der Waals surface area (Å²) in [6.07, 6.45) is 0.292. The Kier molecular flexibility index (Phi) is 4.50. The van der Waals surface area contributed by atoms with Crippen LogP contribution in [-0.2, 0) is 14.8 Å². The molecular formula is C7H17N3O3S. The lowest BCUT2D eigenvalue weighted by Crippen LogP contribution is -2.49. The molecule has 0 aromatic carbocycles. The minimum atomic E-state index is -3.44. The number of nitrogens with one attached hydrogen (secondary N) is 1. The summed E-state index contributed by atoms with van der Waals surface area (Å²) in [5, 5.41) is 7.28. The van der Waals surface area contributed by atoms with Crippen LogP contribution in [-0.4, -0.2) is 32.2 Å². The van der Waals surface area contributed by atoms with E-state index < -0.39 is 15.6 Å². The van der Waals surface area contributed by atoms with Gasteiger partial charge in [0.15, 0.2) is 0 Å². The Balaban J connectivity index is 3.72. The lowest BCUT2D eigenvalue weighted by atomic mass is 10.1. The van der Waals surface area contributed by atoms with Gasteiger partial charge in [0.25, 0.3) is 0 Å².